The van der Waals surface area contributed by atoms with Crippen molar-refractivity contribution in [2.45, 2.75) is 19.5 Å². The summed E-state index contributed by atoms with van der Waals surface area (Å²) in [6.07, 6.45) is 0.552. The first-order valence-electron chi connectivity index (χ1n) is 4.72. The molecule has 3 nitrogen and oxygen atoms in total. The van der Waals surface area contributed by atoms with E-state index in [4.69, 9.17) is 11.0 Å². The summed E-state index contributed by atoms with van der Waals surface area (Å²) in [5.74, 6) is 0. The van der Waals surface area contributed by atoms with Crippen LogP contribution in [0.4, 0.5) is 0 Å². The number of hydrogen-bond acceptors (Lipinski definition) is 3. The van der Waals surface area contributed by atoms with Crippen LogP contribution in [0.2, 0.25) is 0 Å². The minimum Gasteiger partial charge on any atom is -0.326 e. The lowest BCUT2D eigenvalue weighted by molar-refractivity contribution is 0.698. The summed E-state index contributed by atoms with van der Waals surface area (Å²) in [5.41, 5.74) is 7.89. The fraction of sp³-hybridized carbons (Fsp3) is 0.364. The Hall–Kier alpha value is -1.37. The van der Waals surface area contributed by atoms with Gasteiger partial charge in [0.2, 0.25) is 0 Å². The third-order valence-corrected chi connectivity index (χ3v) is 1.97. The summed E-state index contributed by atoms with van der Waals surface area (Å²) in [7, 11) is 0. The third kappa shape index (κ3) is 3.56. The fourth-order valence-corrected chi connectivity index (χ4v) is 1.24. The summed E-state index contributed by atoms with van der Waals surface area (Å²) in [6, 6.07) is 10.2. The molecule has 3 N–H and O–H groups in total. The zero-order chi connectivity index (χ0) is 10.2. The zero-order valence-corrected chi connectivity index (χ0v) is 8.16. The molecule has 0 saturated carbocycles. The molecule has 14 heavy (non-hydrogen) atoms. The van der Waals surface area contributed by atoms with Crippen LogP contribution in [-0.4, -0.2) is 6.54 Å². The van der Waals surface area contributed by atoms with Crippen LogP contribution in [0.1, 0.15) is 17.5 Å². The maximum Gasteiger partial charge on any atom is 0.0635 e. The summed E-state index contributed by atoms with van der Waals surface area (Å²) in [6.45, 7) is 2.12. The van der Waals surface area contributed by atoms with Gasteiger partial charge in [-0.15, -0.1) is 0 Å². The third-order valence-electron chi connectivity index (χ3n) is 1.97. The second kappa shape index (κ2) is 6.14. The van der Waals surface area contributed by atoms with E-state index in [-0.39, 0.29) is 0 Å². The minimum absolute atomic E-state index is 0.552. The fourth-order valence-electron chi connectivity index (χ4n) is 1.24. The van der Waals surface area contributed by atoms with Crippen molar-refractivity contribution >= 4 is 0 Å². The standard InChI is InChI=1S/C11H15N3/c12-5-2-6-14-9-11-4-1-3-10(7-11)8-13/h1,3-4,7,14H,2,6,8-9,13H2. The zero-order valence-electron chi connectivity index (χ0n) is 8.16. The van der Waals surface area contributed by atoms with Gasteiger partial charge in [0.05, 0.1) is 6.07 Å². The van der Waals surface area contributed by atoms with Crippen LogP contribution in [0, 0.1) is 11.3 Å². The van der Waals surface area contributed by atoms with E-state index in [0.29, 0.717) is 13.0 Å². The minimum atomic E-state index is 0.552. The van der Waals surface area contributed by atoms with E-state index >= 15 is 0 Å². The predicted molar refractivity (Wildman–Crippen MR) is 56.3 cm³/mol. The Kier molecular flexibility index (Phi) is 4.70. The number of nitrogens with two attached hydrogens (primary N) is 1. The number of nitrogens with zero attached hydrogens (tertiary/aromatic N) is 1. The second-order valence-corrected chi connectivity index (χ2v) is 3.11. The number of rotatable bonds is 5. The predicted octanol–water partition coefficient (Wildman–Crippen LogP) is 1.15. The normalized spacial score (nSPS) is 9.71. The van der Waals surface area contributed by atoms with E-state index in [1.807, 2.05) is 12.1 Å². The number of nitriles is 1. The molecule has 74 valence electrons. The van der Waals surface area contributed by atoms with Crippen molar-refractivity contribution < 1.29 is 0 Å². The van der Waals surface area contributed by atoms with Gasteiger partial charge in [-0.2, -0.15) is 5.26 Å². The molecule has 0 unspecified atom stereocenters. The first-order valence-corrected chi connectivity index (χ1v) is 4.72. The van der Waals surface area contributed by atoms with E-state index < -0.39 is 0 Å². The van der Waals surface area contributed by atoms with Crippen molar-refractivity contribution in [3.05, 3.63) is 35.4 Å². The Morgan fingerprint density at radius 1 is 1.36 bits per heavy atom. The lowest BCUT2D eigenvalue weighted by Crippen LogP contribution is -2.14. The van der Waals surface area contributed by atoms with Gasteiger partial charge in [-0.1, -0.05) is 24.3 Å². The molecule has 0 bridgehead atoms. The molecular weight excluding hydrogens is 174 g/mol. The highest BCUT2D eigenvalue weighted by atomic mass is 14.8. The van der Waals surface area contributed by atoms with Crippen molar-refractivity contribution in [3.63, 3.8) is 0 Å². The number of hydrogen-bond donors (Lipinski definition) is 2. The molecule has 1 aromatic rings. The van der Waals surface area contributed by atoms with Crippen molar-refractivity contribution in [2.24, 2.45) is 5.73 Å². The molecule has 0 aliphatic carbocycles. The Bertz CT molecular complexity index is 315. The molecule has 0 radical (unpaired) electrons. The SMILES string of the molecule is N#CCCNCc1cccc(CN)c1. The molecule has 0 aromatic heterocycles. The number of benzene rings is 1. The van der Waals surface area contributed by atoms with Crippen molar-refractivity contribution in [1.82, 2.24) is 5.32 Å². The van der Waals surface area contributed by atoms with Crippen LogP contribution < -0.4 is 11.1 Å². The molecule has 0 aliphatic heterocycles. The maximum atomic E-state index is 8.34. The van der Waals surface area contributed by atoms with Gasteiger partial charge in [-0.25, -0.2) is 0 Å². The summed E-state index contributed by atoms with van der Waals surface area (Å²) in [4.78, 5) is 0. The average Bonchev–Trinajstić information content (AvgIpc) is 2.25. The van der Waals surface area contributed by atoms with Crippen molar-refractivity contribution in [1.29, 1.82) is 5.26 Å². The first kappa shape index (κ1) is 10.7. The summed E-state index contributed by atoms with van der Waals surface area (Å²) < 4.78 is 0. The van der Waals surface area contributed by atoms with Crippen molar-refractivity contribution in [2.75, 3.05) is 6.54 Å². The molecule has 0 fully saturated rings. The first-order chi connectivity index (χ1) is 6.86. The Morgan fingerprint density at radius 2 is 2.14 bits per heavy atom. The van der Waals surface area contributed by atoms with Crippen LogP contribution in [0.5, 0.6) is 0 Å². The number of nitrogens with one attached hydrogen (secondary N) is 1. The van der Waals surface area contributed by atoms with Gasteiger partial charge in [0.1, 0.15) is 0 Å². The highest BCUT2D eigenvalue weighted by molar-refractivity contribution is 5.23. The van der Waals surface area contributed by atoms with Gasteiger partial charge < -0.3 is 11.1 Å². The Balaban J connectivity index is 2.39. The van der Waals surface area contributed by atoms with Gasteiger partial charge in [-0.05, 0) is 11.1 Å². The smallest absolute Gasteiger partial charge is 0.0635 e. The van der Waals surface area contributed by atoms with E-state index in [1.165, 1.54) is 5.56 Å². The molecule has 0 saturated heterocycles. The van der Waals surface area contributed by atoms with Gasteiger partial charge in [0.25, 0.3) is 0 Å². The van der Waals surface area contributed by atoms with E-state index in [1.54, 1.807) is 0 Å². The summed E-state index contributed by atoms with van der Waals surface area (Å²) >= 11 is 0. The molecule has 0 amide bonds. The van der Waals surface area contributed by atoms with Crippen LogP contribution in [0.15, 0.2) is 24.3 Å². The Labute approximate surface area is 84.5 Å². The lowest BCUT2D eigenvalue weighted by Gasteiger charge is -2.04. The lowest BCUT2D eigenvalue weighted by atomic mass is 10.1. The molecular formula is C11H15N3. The van der Waals surface area contributed by atoms with Gasteiger partial charge in [0.15, 0.2) is 0 Å². The van der Waals surface area contributed by atoms with Crippen LogP contribution in [0.3, 0.4) is 0 Å². The topological polar surface area (TPSA) is 61.8 Å². The van der Waals surface area contributed by atoms with Gasteiger partial charge in [0, 0.05) is 26.1 Å². The van der Waals surface area contributed by atoms with E-state index in [0.717, 1.165) is 18.7 Å². The molecule has 3 heteroatoms. The highest BCUT2D eigenvalue weighted by Gasteiger charge is 1.93. The molecule has 0 aliphatic rings. The molecule has 1 aromatic carbocycles. The van der Waals surface area contributed by atoms with Crippen LogP contribution >= 0.6 is 0 Å². The molecule has 0 spiro atoms. The highest BCUT2D eigenvalue weighted by Crippen LogP contribution is 2.03. The molecule has 0 atom stereocenters. The quantitative estimate of drug-likeness (QED) is 0.683. The van der Waals surface area contributed by atoms with Gasteiger partial charge in [-0.3, -0.25) is 0 Å². The maximum absolute atomic E-state index is 8.34. The van der Waals surface area contributed by atoms with Crippen LogP contribution in [0.25, 0.3) is 0 Å². The van der Waals surface area contributed by atoms with Crippen LogP contribution in [-0.2, 0) is 13.1 Å². The molecule has 1 rings (SSSR count). The van der Waals surface area contributed by atoms with E-state index in [9.17, 15) is 0 Å². The summed E-state index contributed by atoms with van der Waals surface area (Å²) in [5, 5.41) is 11.5. The van der Waals surface area contributed by atoms with Gasteiger partial charge >= 0.3 is 0 Å². The average molecular weight is 189 g/mol. The largest absolute Gasteiger partial charge is 0.326 e. The monoisotopic (exact) mass is 189 g/mol. The second-order valence-electron chi connectivity index (χ2n) is 3.11. The molecule has 0 heterocycles. The van der Waals surface area contributed by atoms with E-state index in [2.05, 4.69) is 23.5 Å². The van der Waals surface area contributed by atoms with Crippen molar-refractivity contribution in [3.8, 4) is 6.07 Å². The Morgan fingerprint density at radius 3 is 2.86 bits per heavy atom.